The lowest BCUT2D eigenvalue weighted by atomic mass is 9.93. The van der Waals surface area contributed by atoms with Gasteiger partial charge in [-0.05, 0) is 62.1 Å². The highest BCUT2D eigenvalue weighted by Gasteiger charge is 2.28. The van der Waals surface area contributed by atoms with Gasteiger partial charge >= 0.3 is 0 Å². The Labute approximate surface area is 190 Å². The van der Waals surface area contributed by atoms with E-state index >= 15 is 0 Å². The van der Waals surface area contributed by atoms with Crippen LogP contribution in [0.1, 0.15) is 40.4 Å². The number of carbonyl (C=O) groups excluding carboxylic acids is 2. The number of hydrogen-bond acceptors (Lipinski definition) is 5. The summed E-state index contributed by atoms with van der Waals surface area (Å²) in [6.45, 7) is 3.55. The quantitative estimate of drug-likeness (QED) is 0.538. The molecule has 0 saturated carbocycles. The van der Waals surface area contributed by atoms with Gasteiger partial charge in [0.25, 0.3) is 5.91 Å². The summed E-state index contributed by atoms with van der Waals surface area (Å²) in [5.41, 5.74) is 1.49. The smallest absolute Gasteiger partial charge is 0.265 e. The molecule has 2 amide bonds. The Balaban J connectivity index is 1.32. The SMILES string of the molecule is Cc1nc(-c2ccc(F)cc2)sc1C(=O)N1CCC(CC(=O)N(C)Cc2ccco2)CC1. The van der Waals surface area contributed by atoms with E-state index in [0.29, 0.717) is 41.6 Å². The van der Waals surface area contributed by atoms with Crippen LogP contribution < -0.4 is 0 Å². The van der Waals surface area contributed by atoms with Crippen LogP contribution in [-0.4, -0.2) is 46.7 Å². The third-order valence-corrected chi connectivity index (χ3v) is 7.04. The lowest BCUT2D eigenvalue weighted by molar-refractivity contribution is -0.131. The lowest BCUT2D eigenvalue weighted by Gasteiger charge is -2.32. The Hall–Kier alpha value is -3.00. The van der Waals surface area contributed by atoms with Gasteiger partial charge in [-0.2, -0.15) is 0 Å². The largest absolute Gasteiger partial charge is 0.467 e. The first-order valence-electron chi connectivity index (χ1n) is 10.7. The fourth-order valence-electron chi connectivity index (χ4n) is 3.92. The zero-order valence-corrected chi connectivity index (χ0v) is 19.0. The highest BCUT2D eigenvalue weighted by molar-refractivity contribution is 7.17. The number of benzene rings is 1. The average molecular weight is 456 g/mol. The molecular weight excluding hydrogens is 429 g/mol. The van der Waals surface area contributed by atoms with Crippen LogP contribution in [0.5, 0.6) is 0 Å². The van der Waals surface area contributed by atoms with Crippen molar-refractivity contribution in [1.29, 1.82) is 0 Å². The molecule has 0 spiro atoms. The maximum atomic E-state index is 13.2. The number of nitrogens with zero attached hydrogens (tertiary/aromatic N) is 3. The van der Waals surface area contributed by atoms with Gasteiger partial charge in [-0.15, -0.1) is 11.3 Å². The second-order valence-electron chi connectivity index (χ2n) is 8.21. The molecule has 168 valence electrons. The molecule has 0 unspecified atom stereocenters. The summed E-state index contributed by atoms with van der Waals surface area (Å²) in [7, 11) is 1.79. The molecule has 0 aliphatic carbocycles. The molecule has 1 aliphatic heterocycles. The molecule has 8 heteroatoms. The van der Waals surface area contributed by atoms with Crippen molar-refractivity contribution in [2.24, 2.45) is 5.92 Å². The van der Waals surface area contributed by atoms with Crippen LogP contribution in [0.25, 0.3) is 10.6 Å². The van der Waals surface area contributed by atoms with Crippen LogP contribution in [0.15, 0.2) is 47.1 Å². The molecule has 0 N–H and O–H groups in total. The molecule has 1 fully saturated rings. The molecule has 1 aliphatic rings. The van der Waals surface area contributed by atoms with E-state index < -0.39 is 0 Å². The van der Waals surface area contributed by atoms with Crippen LogP contribution in [0.3, 0.4) is 0 Å². The summed E-state index contributed by atoms with van der Waals surface area (Å²) in [6, 6.07) is 9.81. The first kappa shape index (κ1) is 22.2. The molecular formula is C24H26FN3O3S. The first-order chi connectivity index (χ1) is 15.4. The van der Waals surface area contributed by atoms with Gasteiger partial charge < -0.3 is 14.2 Å². The number of furan rings is 1. The Kier molecular flexibility index (Phi) is 6.69. The second kappa shape index (κ2) is 9.65. The zero-order valence-electron chi connectivity index (χ0n) is 18.2. The van der Waals surface area contributed by atoms with Crippen molar-refractivity contribution in [2.45, 2.75) is 32.7 Å². The molecule has 32 heavy (non-hydrogen) atoms. The summed E-state index contributed by atoms with van der Waals surface area (Å²) in [6.07, 6.45) is 3.69. The van der Waals surface area contributed by atoms with Crippen LogP contribution >= 0.6 is 11.3 Å². The van der Waals surface area contributed by atoms with Gasteiger partial charge in [-0.25, -0.2) is 9.37 Å². The lowest BCUT2D eigenvalue weighted by Crippen LogP contribution is -2.39. The van der Waals surface area contributed by atoms with Gasteiger partial charge in [-0.3, -0.25) is 9.59 Å². The number of rotatable bonds is 6. The minimum absolute atomic E-state index is 0.0203. The van der Waals surface area contributed by atoms with E-state index in [0.717, 1.165) is 24.2 Å². The second-order valence-corrected chi connectivity index (χ2v) is 9.21. The van der Waals surface area contributed by atoms with Crippen molar-refractivity contribution in [3.63, 3.8) is 0 Å². The van der Waals surface area contributed by atoms with Gasteiger partial charge in [0.2, 0.25) is 5.91 Å². The maximum Gasteiger partial charge on any atom is 0.265 e. The Morgan fingerprint density at radius 3 is 2.59 bits per heavy atom. The first-order valence-corrected chi connectivity index (χ1v) is 11.5. The fraction of sp³-hybridized carbons (Fsp3) is 0.375. The molecule has 2 aromatic heterocycles. The molecule has 0 bridgehead atoms. The molecule has 1 aromatic carbocycles. The molecule has 0 radical (unpaired) electrons. The predicted molar refractivity (Wildman–Crippen MR) is 121 cm³/mol. The number of thiazole rings is 1. The molecule has 0 atom stereocenters. The maximum absolute atomic E-state index is 13.2. The van der Waals surface area contributed by atoms with Gasteiger partial charge in [0.1, 0.15) is 21.5 Å². The monoisotopic (exact) mass is 455 g/mol. The number of aryl methyl sites for hydroxylation is 1. The standard InChI is InChI=1S/C24H26FN3O3S/c1-16-22(32-23(26-16)18-5-7-19(25)8-6-18)24(30)28-11-9-17(10-12-28)14-21(29)27(2)15-20-4-3-13-31-20/h3-8,13,17H,9-12,14-15H2,1-2H3. The number of aromatic nitrogens is 1. The molecule has 6 nitrogen and oxygen atoms in total. The number of carbonyl (C=O) groups is 2. The summed E-state index contributed by atoms with van der Waals surface area (Å²) in [5, 5.41) is 0.714. The van der Waals surface area contributed by atoms with Gasteiger partial charge in [0.05, 0.1) is 18.5 Å². The average Bonchev–Trinajstić information content (AvgIpc) is 3.44. The summed E-state index contributed by atoms with van der Waals surface area (Å²) in [5.74, 6) is 0.803. The predicted octanol–water partition coefficient (Wildman–Crippen LogP) is 4.75. The van der Waals surface area contributed by atoms with Gasteiger partial charge in [0, 0.05) is 32.1 Å². The van der Waals surface area contributed by atoms with E-state index in [2.05, 4.69) is 4.98 Å². The van der Waals surface area contributed by atoms with Crippen molar-refractivity contribution in [3.05, 3.63) is 64.8 Å². The van der Waals surface area contributed by atoms with Crippen LogP contribution in [0.2, 0.25) is 0 Å². The van der Waals surface area contributed by atoms with E-state index in [1.165, 1.54) is 23.5 Å². The van der Waals surface area contributed by atoms with Crippen molar-refractivity contribution < 1.29 is 18.4 Å². The van der Waals surface area contributed by atoms with Crippen molar-refractivity contribution >= 4 is 23.2 Å². The summed E-state index contributed by atoms with van der Waals surface area (Å²) >= 11 is 1.34. The molecule has 4 rings (SSSR count). The Bertz CT molecular complexity index is 1070. The highest BCUT2D eigenvalue weighted by Crippen LogP contribution is 2.30. The van der Waals surface area contributed by atoms with Crippen LogP contribution in [-0.2, 0) is 11.3 Å². The molecule has 1 saturated heterocycles. The number of hydrogen-bond donors (Lipinski definition) is 0. The summed E-state index contributed by atoms with van der Waals surface area (Å²) < 4.78 is 18.5. The van der Waals surface area contributed by atoms with E-state index in [9.17, 15) is 14.0 Å². The Morgan fingerprint density at radius 2 is 1.94 bits per heavy atom. The van der Waals surface area contributed by atoms with E-state index in [1.54, 1.807) is 30.3 Å². The van der Waals surface area contributed by atoms with Crippen molar-refractivity contribution in [1.82, 2.24) is 14.8 Å². The van der Waals surface area contributed by atoms with Gasteiger partial charge in [-0.1, -0.05) is 0 Å². The van der Waals surface area contributed by atoms with Crippen molar-refractivity contribution in [3.8, 4) is 10.6 Å². The summed E-state index contributed by atoms with van der Waals surface area (Å²) in [4.78, 5) is 34.3. The van der Waals surface area contributed by atoms with Gasteiger partial charge in [0.15, 0.2) is 0 Å². The molecule has 3 aromatic rings. The topological polar surface area (TPSA) is 66.7 Å². The minimum Gasteiger partial charge on any atom is -0.467 e. The zero-order chi connectivity index (χ0) is 22.7. The fourth-order valence-corrected chi connectivity index (χ4v) is 4.96. The van der Waals surface area contributed by atoms with Crippen LogP contribution in [0, 0.1) is 18.7 Å². The molecule has 3 heterocycles. The minimum atomic E-state index is -0.299. The number of piperidine rings is 1. The van der Waals surface area contributed by atoms with E-state index in [4.69, 9.17) is 4.42 Å². The van der Waals surface area contributed by atoms with E-state index in [1.807, 2.05) is 24.0 Å². The van der Waals surface area contributed by atoms with E-state index in [-0.39, 0.29) is 23.5 Å². The third kappa shape index (κ3) is 5.07. The van der Waals surface area contributed by atoms with Crippen molar-refractivity contribution in [2.75, 3.05) is 20.1 Å². The highest BCUT2D eigenvalue weighted by atomic mass is 32.1. The number of halogens is 1. The number of amides is 2. The van der Waals surface area contributed by atoms with Crippen LogP contribution in [0.4, 0.5) is 4.39 Å². The third-order valence-electron chi connectivity index (χ3n) is 5.85. The number of likely N-dealkylation sites (tertiary alicyclic amines) is 1. The Morgan fingerprint density at radius 1 is 1.22 bits per heavy atom. The normalized spacial score (nSPS) is 14.5.